The highest BCUT2D eigenvalue weighted by Gasteiger charge is 2.08. The number of ether oxygens (including phenoxy) is 2. The number of hydrogen-bond donors (Lipinski definition) is 1. The van der Waals surface area contributed by atoms with Gasteiger partial charge in [-0.15, -0.1) is 11.3 Å². The number of aromatic nitrogens is 1. The van der Waals surface area contributed by atoms with E-state index >= 15 is 0 Å². The first-order chi connectivity index (χ1) is 16.5. The number of nitrogens with zero attached hydrogens (tertiary/aromatic N) is 1. The van der Waals surface area contributed by atoms with E-state index in [0.717, 1.165) is 11.1 Å². The highest BCUT2D eigenvalue weighted by Crippen LogP contribution is 2.23. The van der Waals surface area contributed by atoms with E-state index in [9.17, 15) is 9.59 Å². The van der Waals surface area contributed by atoms with Gasteiger partial charge in [0.15, 0.2) is 0 Å². The first-order valence-electron chi connectivity index (χ1n) is 10.6. The first-order valence-corrected chi connectivity index (χ1v) is 11.5. The highest BCUT2D eigenvalue weighted by atomic mass is 32.1. The summed E-state index contributed by atoms with van der Waals surface area (Å²) in [5.41, 5.74) is 2.23. The molecule has 0 saturated carbocycles. The van der Waals surface area contributed by atoms with Crippen molar-refractivity contribution in [3.63, 3.8) is 0 Å². The quantitative estimate of drug-likeness (QED) is 0.448. The summed E-state index contributed by atoms with van der Waals surface area (Å²) in [6, 6.07) is 24.6. The van der Waals surface area contributed by atoms with Crippen molar-refractivity contribution in [1.82, 2.24) is 4.57 Å². The molecule has 4 rings (SSSR count). The number of nitrogens with one attached hydrogen (secondary N) is 1. The smallest absolute Gasteiger partial charge is 0.268 e. The molecule has 0 atom stereocenters. The topological polar surface area (TPSA) is 69.6 Å². The van der Waals surface area contributed by atoms with Crippen LogP contribution in [0.25, 0.3) is 12.2 Å². The first kappa shape index (κ1) is 23.1. The van der Waals surface area contributed by atoms with Gasteiger partial charge in [-0.2, -0.15) is 0 Å². The van der Waals surface area contributed by atoms with E-state index in [2.05, 4.69) is 5.32 Å². The standard InChI is InChI=1S/C27H24N2O4S/c1-29-26(17-25(30)28-21-13-7-9-15-23(21)32-2)34-24(27(29)31)16-20-12-6-8-14-22(20)33-18-19-10-4-3-5-11-19/h3-17H,18H2,1-2H3,(H,28,30). The third-order valence-corrected chi connectivity index (χ3v) is 6.24. The number of amides is 1. The zero-order valence-electron chi connectivity index (χ0n) is 18.9. The van der Waals surface area contributed by atoms with Crippen molar-refractivity contribution in [3.05, 3.63) is 110 Å². The summed E-state index contributed by atoms with van der Waals surface area (Å²) in [7, 11) is 3.19. The molecule has 0 aliphatic rings. The fourth-order valence-corrected chi connectivity index (χ4v) is 4.37. The summed E-state index contributed by atoms with van der Waals surface area (Å²) in [5, 5.41) is 2.80. The Morgan fingerprint density at radius 3 is 2.41 bits per heavy atom. The van der Waals surface area contributed by atoms with Crippen LogP contribution in [0.4, 0.5) is 5.69 Å². The molecule has 1 aromatic heterocycles. The van der Waals surface area contributed by atoms with E-state index in [-0.39, 0.29) is 11.5 Å². The summed E-state index contributed by atoms with van der Waals surface area (Å²) in [6.45, 7) is 0.427. The van der Waals surface area contributed by atoms with Gasteiger partial charge in [0.05, 0.1) is 17.3 Å². The Hall–Kier alpha value is -4.10. The number of carbonyl (C=O) groups excluding carboxylic acids is 1. The second kappa shape index (κ2) is 10.7. The number of thiazole rings is 1. The van der Waals surface area contributed by atoms with Gasteiger partial charge in [-0.05, 0) is 29.8 Å². The maximum absolute atomic E-state index is 12.9. The van der Waals surface area contributed by atoms with Crippen molar-refractivity contribution in [2.45, 2.75) is 6.61 Å². The average Bonchev–Trinajstić information content (AvgIpc) is 3.12. The van der Waals surface area contributed by atoms with Gasteiger partial charge in [-0.1, -0.05) is 60.7 Å². The molecule has 6 nitrogen and oxygen atoms in total. The van der Waals surface area contributed by atoms with E-state index in [1.165, 1.54) is 22.0 Å². The van der Waals surface area contributed by atoms with E-state index in [1.807, 2.05) is 66.7 Å². The van der Waals surface area contributed by atoms with E-state index in [1.54, 1.807) is 32.4 Å². The Morgan fingerprint density at radius 1 is 0.971 bits per heavy atom. The molecule has 7 heteroatoms. The summed E-state index contributed by atoms with van der Waals surface area (Å²) < 4.78 is 13.8. The van der Waals surface area contributed by atoms with Crippen molar-refractivity contribution in [2.75, 3.05) is 12.4 Å². The van der Waals surface area contributed by atoms with Gasteiger partial charge < -0.3 is 19.4 Å². The second-order valence-electron chi connectivity index (χ2n) is 7.46. The third-order valence-electron chi connectivity index (χ3n) is 5.12. The fraction of sp³-hybridized carbons (Fsp3) is 0.111. The Balaban J connectivity index is 1.61. The van der Waals surface area contributed by atoms with Crippen LogP contribution in [0.5, 0.6) is 11.5 Å². The number of methoxy groups -OCH3 is 1. The van der Waals surface area contributed by atoms with Gasteiger partial charge in [0.1, 0.15) is 22.8 Å². The summed E-state index contributed by atoms with van der Waals surface area (Å²) in [5.74, 6) is 0.895. The monoisotopic (exact) mass is 472 g/mol. The van der Waals surface area contributed by atoms with Gasteiger partial charge in [0.2, 0.25) is 0 Å². The van der Waals surface area contributed by atoms with Crippen LogP contribution < -0.4 is 29.5 Å². The highest BCUT2D eigenvalue weighted by molar-refractivity contribution is 7.07. The second-order valence-corrected chi connectivity index (χ2v) is 8.52. The number of anilines is 1. The molecule has 1 N–H and O–H groups in total. The molecular weight excluding hydrogens is 448 g/mol. The zero-order chi connectivity index (χ0) is 23.9. The lowest BCUT2D eigenvalue weighted by molar-refractivity contribution is -0.110. The minimum atomic E-state index is -0.348. The van der Waals surface area contributed by atoms with Gasteiger partial charge in [-0.25, -0.2) is 0 Å². The Labute approximate surface area is 201 Å². The minimum absolute atomic E-state index is 0.181. The molecule has 0 radical (unpaired) electrons. The molecular formula is C27H24N2O4S. The van der Waals surface area contributed by atoms with Crippen LogP contribution in [0.15, 0.2) is 83.7 Å². The minimum Gasteiger partial charge on any atom is -0.495 e. The number of benzene rings is 3. The number of para-hydroxylation sites is 3. The molecule has 34 heavy (non-hydrogen) atoms. The normalized spacial score (nSPS) is 11.9. The van der Waals surface area contributed by atoms with Crippen LogP contribution in [0.1, 0.15) is 11.1 Å². The van der Waals surface area contributed by atoms with Crippen molar-refractivity contribution in [1.29, 1.82) is 0 Å². The maximum atomic E-state index is 12.9. The van der Waals surface area contributed by atoms with E-state index < -0.39 is 0 Å². The average molecular weight is 473 g/mol. The fourth-order valence-electron chi connectivity index (χ4n) is 3.34. The van der Waals surface area contributed by atoms with Crippen molar-refractivity contribution < 1.29 is 14.3 Å². The van der Waals surface area contributed by atoms with Crippen LogP contribution >= 0.6 is 11.3 Å². The van der Waals surface area contributed by atoms with Crippen molar-refractivity contribution >= 4 is 35.1 Å². The number of rotatable bonds is 7. The van der Waals surface area contributed by atoms with Gasteiger partial charge in [-0.3, -0.25) is 9.59 Å². The molecule has 0 spiro atoms. The Kier molecular flexibility index (Phi) is 7.25. The predicted octanol–water partition coefficient (Wildman–Crippen LogP) is 3.28. The largest absolute Gasteiger partial charge is 0.495 e. The zero-order valence-corrected chi connectivity index (χ0v) is 19.7. The van der Waals surface area contributed by atoms with Crippen LogP contribution in [-0.4, -0.2) is 17.6 Å². The molecule has 3 aromatic carbocycles. The molecule has 172 valence electrons. The lowest BCUT2D eigenvalue weighted by atomic mass is 10.2. The Morgan fingerprint density at radius 2 is 1.65 bits per heavy atom. The summed E-state index contributed by atoms with van der Waals surface area (Å²) in [4.78, 5) is 25.4. The van der Waals surface area contributed by atoms with Crippen LogP contribution in [0, 0.1) is 0 Å². The Bertz CT molecular complexity index is 1470. The van der Waals surface area contributed by atoms with E-state index in [4.69, 9.17) is 9.47 Å². The van der Waals surface area contributed by atoms with Crippen LogP contribution in [0.3, 0.4) is 0 Å². The maximum Gasteiger partial charge on any atom is 0.268 e. The number of carbonyl (C=O) groups is 1. The molecule has 0 aliphatic carbocycles. The van der Waals surface area contributed by atoms with Crippen LogP contribution in [-0.2, 0) is 18.4 Å². The molecule has 0 fully saturated rings. The summed E-state index contributed by atoms with van der Waals surface area (Å²) >= 11 is 1.24. The lowest BCUT2D eigenvalue weighted by Crippen LogP contribution is -2.29. The van der Waals surface area contributed by atoms with Crippen molar-refractivity contribution in [2.24, 2.45) is 7.05 Å². The molecule has 0 bridgehead atoms. The van der Waals surface area contributed by atoms with E-state index in [0.29, 0.717) is 33.0 Å². The predicted molar refractivity (Wildman–Crippen MR) is 136 cm³/mol. The molecule has 4 aromatic rings. The SMILES string of the molecule is COc1ccccc1NC(=O)C=c1sc(=Cc2ccccc2OCc2ccccc2)c(=O)n1C. The lowest BCUT2D eigenvalue weighted by Gasteiger charge is -2.08. The molecule has 1 heterocycles. The molecule has 0 aliphatic heterocycles. The summed E-state index contributed by atoms with van der Waals surface area (Å²) in [6.07, 6.45) is 3.20. The van der Waals surface area contributed by atoms with Gasteiger partial charge >= 0.3 is 0 Å². The van der Waals surface area contributed by atoms with Gasteiger partial charge in [0.25, 0.3) is 11.5 Å². The molecule has 1 amide bonds. The number of hydrogen-bond acceptors (Lipinski definition) is 5. The van der Waals surface area contributed by atoms with Crippen molar-refractivity contribution in [3.8, 4) is 11.5 Å². The van der Waals surface area contributed by atoms with Crippen LogP contribution in [0.2, 0.25) is 0 Å². The molecule has 0 unspecified atom stereocenters. The third kappa shape index (κ3) is 5.44. The molecule has 0 saturated heterocycles. The van der Waals surface area contributed by atoms with Gasteiger partial charge in [0, 0.05) is 18.7 Å².